The molecule has 7 nitrogen and oxygen atoms in total. The third-order valence-corrected chi connectivity index (χ3v) is 4.96. The summed E-state index contributed by atoms with van der Waals surface area (Å²) in [6.07, 6.45) is 3.69. The van der Waals surface area contributed by atoms with Crippen LogP contribution in [0.1, 0.15) is 30.3 Å². The molecule has 1 amide bonds. The number of piperidine rings is 1. The molecule has 1 aliphatic heterocycles. The fraction of sp³-hybridized carbons (Fsp3) is 0.500. The number of ether oxygens (including phenoxy) is 2. The van der Waals surface area contributed by atoms with Crippen LogP contribution in [0.4, 0.5) is 0 Å². The number of aromatic nitrogens is 2. The summed E-state index contributed by atoms with van der Waals surface area (Å²) in [5, 5.41) is 10.9. The first kappa shape index (κ1) is 19.4. The Kier molecular flexibility index (Phi) is 6.47. The van der Waals surface area contributed by atoms with Crippen LogP contribution in [0, 0.1) is 5.41 Å². The Hall–Kier alpha value is -2.38. The average molecular weight is 372 g/mol. The number of amides is 1. The predicted molar refractivity (Wildman–Crippen MR) is 103 cm³/mol. The molecule has 1 aromatic carbocycles. The van der Waals surface area contributed by atoms with Crippen molar-refractivity contribution in [2.45, 2.75) is 19.8 Å². The number of benzene rings is 1. The molecule has 2 heterocycles. The maximum absolute atomic E-state index is 12.9. The van der Waals surface area contributed by atoms with E-state index in [4.69, 9.17) is 9.47 Å². The number of nitrogens with zero attached hydrogens (tertiary/aromatic N) is 2. The van der Waals surface area contributed by atoms with Gasteiger partial charge in [-0.3, -0.25) is 4.79 Å². The van der Waals surface area contributed by atoms with Gasteiger partial charge < -0.3 is 20.1 Å². The van der Waals surface area contributed by atoms with Crippen molar-refractivity contribution in [1.29, 1.82) is 0 Å². The first-order chi connectivity index (χ1) is 13.2. The van der Waals surface area contributed by atoms with Gasteiger partial charge >= 0.3 is 0 Å². The van der Waals surface area contributed by atoms with Crippen LogP contribution in [-0.2, 0) is 4.74 Å². The van der Waals surface area contributed by atoms with Crippen molar-refractivity contribution >= 4 is 5.91 Å². The number of hydrogen-bond acceptors (Lipinski definition) is 5. The van der Waals surface area contributed by atoms with Crippen molar-refractivity contribution in [1.82, 2.24) is 20.4 Å². The molecule has 146 valence electrons. The first-order valence-corrected chi connectivity index (χ1v) is 9.43. The van der Waals surface area contributed by atoms with E-state index in [9.17, 15) is 4.79 Å². The van der Waals surface area contributed by atoms with Crippen molar-refractivity contribution in [2.24, 2.45) is 5.41 Å². The summed E-state index contributed by atoms with van der Waals surface area (Å²) in [5.74, 6) is 0.270. The van der Waals surface area contributed by atoms with E-state index in [2.05, 4.69) is 15.7 Å². The zero-order valence-electron chi connectivity index (χ0n) is 16.0. The number of methoxy groups -OCH3 is 1. The molecule has 27 heavy (non-hydrogen) atoms. The highest BCUT2D eigenvalue weighted by Crippen LogP contribution is 2.28. The van der Waals surface area contributed by atoms with Crippen LogP contribution >= 0.6 is 0 Å². The molecule has 1 saturated heterocycles. The minimum atomic E-state index is -0.220. The van der Waals surface area contributed by atoms with Gasteiger partial charge in [-0.15, -0.1) is 0 Å². The van der Waals surface area contributed by atoms with Crippen molar-refractivity contribution in [3.05, 3.63) is 42.2 Å². The van der Waals surface area contributed by atoms with E-state index in [1.165, 1.54) is 0 Å². The summed E-state index contributed by atoms with van der Waals surface area (Å²) in [5.41, 5.74) is 1.15. The highest BCUT2D eigenvalue weighted by atomic mass is 16.5. The lowest BCUT2D eigenvalue weighted by molar-refractivity contribution is 0.0510. The molecule has 0 bridgehead atoms. The lowest BCUT2D eigenvalue weighted by atomic mass is 9.79. The van der Waals surface area contributed by atoms with E-state index >= 15 is 0 Å². The molecule has 2 aromatic rings. The largest absolute Gasteiger partial charge is 0.490 e. The molecule has 1 aromatic heterocycles. The van der Waals surface area contributed by atoms with Gasteiger partial charge in [0.05, 0.1) is 25.1 Å². The van der Waals surface area contributed by atoms with Crippen molar-refractivity contribution in [2.75, 3.05) is 40.0 Å². The van der Waals surface area contributed by atoms with Gasteiger partial charge in [0.25, 0.3) is 5.91 Å². The molecule has 0 aliphatic carbocycles. The van der Waals surface area contributed by atoms with Crippen LogP contribution in [0.5, 0.6) is 5.75 Å². The van der Waals surface area contributed by atoms with Gasteiger partial charge in [0.15, 0.2) is 11.4 Å². The highest BCUT2D eigenvalue weighted by molar-refractivity contribution is 5.95. The second kappa shape index (κ2) is 9.01. The Morgan fingerprint density at radius 2 is 2.04 bits per heavy atom. The quantitative estimate of drug-likeness (QED) is 0.741. The number of carbonyl (C=O) groups excluding carboxylic acids is 1. The lowest BCUT2D eigenvalue weighted by Crippen LogP contribution is -2.47. The summed E-state index contributed by atoms with van der Waals surface area (Å²) < 4.78 is 12.7. The van der Waals surface area contributed by atoms with Gasteiger partial charge in [0, 0.05) is 19.1 Å². The fourth-order valence-electron chi connectivity index (χ4n) is 3.48. The monoisotopic (exact) mass is 372 g/mol. The van der Waals surface area contributed by atoms with E-state index < -0.39 is 0 Å². The third kappa shape index (κ3) is 4.67. The number of hydrogen-bond donors (Lipinski definition) is 2. The van der Waals surface area contributed by atoms with E-state index in [0.717, 1.165) is 31.6 Å². The van der Waals surface area contributed by atoms with Gasteiger partial charge in [0.1, 0.15) is 0 Å². The lowest BCUT2D eigenvalue weighted by Gasteiger charge is -2.37. The van der Waals surface area contributed by atoms with Crippen LogP contribution < -0.4 is 15.4 Å². The van der Waals surface area contributed by atoms with Crippen LogP contribution in [-0.4, -0.2) is 55.6 Å². The zero-order chi connectivity index (χ0) is 19.1. The topological polar surface area (TPSA) is 77.4 Å². The van der Waals surface area contributed by atoms with Crippen molar-refractivity contribution in [3.63, 3.8) is 0 Å². The van der Waals surface area contributed by atoms with Gasteiger partial charge in [-0.2, -0.15) is 5.10 Å². The number of nitrogens with one attached hydrogen (secondary N) is 2. The van der Waals surface area contributed by atoms with Crippen molar-refractivity contribution in [3.8, 4) is 11.4 Å². The molecule has 0 saturated carbocycles. The second-order valence-corrected chi connectivity index (χ2v) is 6.92. The van der Waals surface area contributed by atoms with Gasteiger partial charge in [0.2, 0.25) is 0 Å². The summed E-state index contributed by atoms with van der Waals surface area (Å²) in [6, 6.07) is 9.68. The second-order valence-electron chi connectivity index (χ2n) is 6.92. The zero-order valence-corrected chi connectivity index (χ0v) is 16.0. The molecule has 7 heteroatoms. The molecule has 0 radical (unpaired) electrons. The molecule has 3 rings (SSSR count). The summed E-state index contributed by atoms with van der Waals surface area (Å²) in [7, 11) is 1.71. The fourth-order valence-corrected chi connectivity index (χ4v) is 3.48. The summed E-state index contributed by atoms with van der Waals surface area (Å²) in [4.78, 5) is 12.9. The number of carbonyl (C=O) groups is 1. The summed E-state index contributed by atoms with van der Waals surface area (Å²) >= 11 is 0. The standard InChI is InChI=1S/C20H28N4O3/c1-3-27-17-13-24(16-7-5-4-6-8-16)23-18(17)19(25)22-14-20(15-26-2)9-11-21-12-10-20/h4-8,13,21H,3,9-12,14-15H2,1-2H3,(H,22,25). The Bertz CT molecular complexity index is 733. The molecule has 1 aliphatic rings. The molecule has 1 fully saturated rings. The molecule has 2 N–H and O–H groups in total. The van der Waals surface area contributed by atoms with Crippen LogP contribution in [0.15, 0.2) is 36.5 Å². The Morgan fingerprint density at radius 1 is 1.30 bits per heavy atom. The molecule has 0 unspecified atom stereocenters. The van der Waals surface area contributed by atoms with Crippen LogP contribution in [0.25, 0.3) is 5.69 Å². The Morgan fingerprint density at radius 3 is 2.70 bits per heavy atom. The molecule has 0 atom stereocenters. The van der Waals surface area contributed by atoms with Crippen LogP contribution in [0.2, 0.25) is 0 Å². The third-order valence-electron chi connectivity index (χ3n) is 4.96. The average Bonchev–Trinajstić information content (AvgIpc) is 3.12. The number of para-hydroxylation sites is 1. The molecular weight excluding hydrogens is 344 g/mol. The van der Waals surface area contributed by atoms with E-state index in [1.807, 2.05) is 37.3 Å². The normalized spacial score (nSPS) is 16.1. The summed E-state index contributed by atoms with van der Waals surface area (Å²) in [6.45, 7) is 5.43. The Balaban J connectivity index is 1.76. The van der Waals surface area contributed by atoms with Gasteiger partial charge in [-0.1, -0.05) is 18.2 Å². The van der Waals surface area contributed by atoms with E-state index in [-0.39, 0.29) is 11.3 Å². The van der Waals surface area contributed by atoms with Crippen molar-refractivity contribution < 1.29 is 14.3 Å². The predicted octanol–water partition coefficient (Wildman–Crippen LogP) is 2.02. The molecule has 0 spiro atoms. The molecular formula is C20H28N4O3. The number of rotatable bonds is 8. The smallest absolute Gasteiger partial charge is 0.275 e. The maximum atomic E-state index is 12.9. The minimum absolute atomic E-state index is 0.0383. The van der Waals surface area contributed by atoms with Crippen LogP contribution in [0.3, 0.4) is 0 Å². The van der Waals surface area contributed by atoms with E-state index in [1.54, 1.807) is 18.0 Å². The minimum Gasteiger partial charge on any atom is -0.490 e. The van der Waals surface area contributed by atoms with Gasteiger partial charge in [-0.05, 0) is 45.0 Å². The highest BCUT2D eigenvalue weighted by Gasteiger charge is 2.33. The maximum Gasteiger partial charge on any atom is 0.275 e. The SMILES string of the molecule is CCOc1cn(-c2ccccc2)nc1C(=O)NCC1(COC)CCNCC1. The Labute approximate surface area is 160 Å². The van der Waals surface area contributed by atoms with E-state index in [0.29, 0.717) is 31.2 Å². The first-order valence-electron chi connectivity index (χ1n) is 9.43. The van der Waals surface area contributed by atoms with Gasteiger partial charge in [-0.25, -0.2) is 4.68 Å².